The van der Waals surface area contributed by atoms with E-state index >= 15 is 0 Å². The molecule has 0 amide bonds. The molecule has 0 saturated heterocycles. The summed E-state index contributed by atoms with van der Waals surface area (Å²) in [4.78, 5) is 0. The highest BCUT2D eigenvalue weighted by molar-refractivity contribution is 5.62. The maximum atomic E-state index is 5.96. The van der Waals surface area contributed by atoms with Gasteiger partial charge in [-0.15, -0.1) is 0 Å². The number of anilines is 1. The Kier molecular flexibility index (Phi) is 5.54. The molecule has 1 aromatic carbocycles. The second-order valence-corrected chi connectivity index (χ2v) is 3.72. The molecule has 16 heavy (non-hydrogen) atoms. The highest BCUT2D eigenvalue weighted by atomic mass is 16.5. The fourth-order valence-electron chi connectivity index (χ4n) is 1.31. The Hall–Kier alpha value is -1.38. The topological polar surface area (TPSA) is 44.5 Å². The van der Waals surface area contributed by atoms with Crippen LogP contribution in [0.25, 0.3) is 0 Å². The normalized spacial score (nSPS) is 10.1. The number of unbranched alkanes of at least 4 members (excludes halogenated alkanes) is 1. The molecule has 2 N–H and O–H groups in total. The first-order valence-corrected chi connectivity index (χ1v) is 5.93. The Labute approximate surface area is 97.6 Å². The minimum Gasteiger partial charge on any atom is -0.491 e. The fraction of sp³-hybridized carbons (Fsp3) is 0.538. The summed E-state index contributed by atoms with van der Waals surface area (Å²) in [6, 6.07) is 5.66. The highest BCUT2D eigenvalue weighted by Crippen LogP contribution is 2.31. The Bertz CT molecular complexity index is 313. The third-order valence-corrected chi connectivity index (χ3v) is 2.24. The van der Waals surface area contributed by atoms with Crippen LogP contribution in [0.5, 0.6) is 11.5 Å². The van der Waals surface area contributed by atoms with Crippen molar-refractivity contribution >= 4 is 5.69 Å². The molecule has 90 valence electrons. The molecular weight excluding hydrogens is 202 g/mol. The molecule has 0 bridgehead atoms. The van der Waals surface area contributed by atoms with E-state index in [0.717, 1.165) is 30.8 Å². The maximum Gasteiger partial charge on any atom is 0.146 e. The number of ether oxygens (including phenoxy) is 2. The number of nitrogens with two attached hydrogens (primary N) is 1. The number of hydrogen-bond acceptors (Lipinski definition) is 3. The summed E-state index contributed by atoms with van der Waals surface area (Å²) in [6.45, 7) is 5.59. The zero-order chi connectivity index (χ0) is 11.8. The number of hydrogen-bond donors (Lipinski definition) is 1. The lowest BCUT2D eigenvalue weighted by molar-refractivity contribution is 0.300. The maximum absolute atomic E-state index is 5.96. The SMILES string of the molecule is CCCCOc1cccc(OCCC)c1N. The molecule has 0 aliphatic heterocycles. The quantitative estimate of drug-likeness (QED) is 0.570. The van der Waals surface area contributed by atoms with Crippen LogP contribution in [0.2, 0.25) is 0 Å². The van der Waals surface area contributed by atoms with Crippen LogP contribution in [0, 0.1) is 0 Å². The van der Waals surface area contributed by atoms with E-state index < -0.39 is 0 Å². The number of rotatable bonds is 7. The van der Waals surface area contributed by atoms with Gasteiger partial charge in [-0.05, 0) is 25.0 Å². The first kappa shape index (κ1) is 12.7. The van der Waals surface area contributed by atoms with Crippen molar-refractivity contribution < 1.29 is 9.47 Å². The molecule has 1 aromatic rings. The Balaban J connectivity index is 2.62. The van der Waals surface area contributed by atoms with Gasteiger partial charge in [-0.2, -0.15) is 0 Å². The molecule has 0 aliphatic rings. The third-order valence-electron chi connectivity index (χ3n) is 2.24. The monoisotopic (exact) mass is 223 g/mol. The first-order chi connectivity index (χ1) is 7.79. The van der Waals surface area contributed by atoms with Gasteiger partial charge >= 0.3 is 0 Å². The molecule has 0 unspecified atom stereocenters. The van der Waals surface area contributed by atoms with Gasteiger partial charge in [0.15, 0.2) is 0 Å². The van der Waals surface area contributed by atoms with Crippen LogP contribution in [-0.2, 0) is 0 Å². The highest BCUT2D eigenvalue weighted by Gasteiger charge is 2.06. The van der Waals surface area contributed by atoms with Crippen LogP contribution in [0.3, 0.4) is 0 Å². The van der Waals surface area contributed by atoms with Crippen LogP contribution >= 0.6 is 0 Å². The molecule has 0 atom stereocenters. The van der Waals surface area contributed by atoms with Gasteiger partial charge in [0.25, 0.3) is 0 Å². The molecule has 0 radical (unpaired) electrons. The number of benzene rings is 1. The summed E-state index contributed by atoms with van der Waals surface area (Å²) in [5.74, 6) is 1.44. The van der Waals surface area contributed by atoms with Gasteiger partial charge in [0.2, 0.25) is 0 Å². The van der Waals surface area contributed by atoms with Crippen LogP contribution in [0.15, 0.2) is 18.2 Å². The van der Waals surface area contributed by atoms with Crippen LogP contribution in [0.1, 0.15) is 33.1 Å². The molecule has 0 fully saturated rings. The molecule has 0 aliphatic carbocycles. The summed E-state index contributed by atoms with van der Waals surface area (Å²) in [6.07, 6.45) is 3.13. The lowest BCUT2D eigenvalue weighted by atomic mass is 10.2. The fourth-order valence-corrected chi connectivity index (χ4v) is 1.31. The lowest BCUT2D eigenvalue weighted by Crippen LogP contribution is -2.03. The van der Waals surface area contributed by atoms with E-state index in [1.165, 1.54) is 0 Å². The predicted molar refractivity (Wildman–Crippen MR) is 67.0 cm³/mol. The van der Waals surface area contributed by atoms with Crippen molar-refractivity contribution in [2.45, 2.75) is 33.1 Å². The smallest absolute Gasteiger partial charge is 0.146 e. The van der Waals surface area contributed by atoms with Crippen molar-refractivity contribution in [3.05, 3.63) is 18.2 Å². The van der Waals surface area contributed by atoms with E-state index in [1.54, 1.807) is 0 Å². The standard InChI is InChI=1S/C13H21NO2/c1-3-5-10-16-12-8-6-7-11(13(12)14)15-9-4-2/h6-8H,3-5,9-10,14H2,1-2H3. The molecule has 3 nitrogen and oxygen atoms in total. The van der Waals surface area contributed by atoms with Crippen LogP contribution in [0.4, 0.5) is 5.69 Å². The zero-order valence-corrected chi connectivity index (χ0v) is 10.2. The van der Waals surface area contributed by atoms with Crippen molar-refractivity contribution in [2.24, 2.45) is 0 Å². The van der Waals surface area contributed by atoms with Gasteiger partial charge in [-0.1, -0.05) is 26.3 Å². The van der Waals surface area contributed by atoms with Gasteiger partial charge in [0.05, 0.1) is 13.2 Å². The lowest BCUT2D eigenvalue weighted by Gasteiger charge is -2.12. The Morgan fingerprint density at radius 3 is 2.19 bits per heavy atom. The van der Waals surface area contributed by atoms with Gasteiger partial charge < -0.3 is 15.2 Å². The van der Waals surface area contributed by atoms with E-state index in [1.807, 2.05) is 18.2 Å². The average Bonchev–Trinajstić information content (AvgIpc) is 2.30. The summed E-state index contributed by atoms with van der Waals surface area (Å²) in [7, 11) is 0. The van der Waals surface area contributed by atoms with Gasteiger partial charge in [0.1, 0.15) is 17.2 Å². The van der Waals surface area contributed by atoms with Crippen molar-refractivity contribution in [3.8, 4) is 11.5 Å². The minimum absolute atomic E-state index is 0.604. The van der Waals surface area contributed by atoms with Crippen molar-refractivity contribution in [1.82, 2.24) is 0 Å². The summed E-state index contributed by atoms with van der Waals surface area (Å²) in [5, 5.41) is 0. The van der Waals surface area contributed by atoms with E-state index in [9.17, 15) is 0 Å². The van der Waals surface area contributed by atoms with E-state index in [-0.39, 0.29) is 0 Å². The summed E-state index contributed by atoms with van der Waals surface area (Å²) >= 11 is 0. The van der Waals surface area contributed by atoms with E-state index in [4.69, 9.17) is 15.2 Å². The third kappa shape index (κ3) is 3.65. The molecule has 0 spiro atoms. The largest absolute Gasteiger partial charge is 0.491 e. The Morgan fingerprint density at radius 2 is 1.62 bits per heavy atom. The average molecular weight is 223 g/mol. The molecular formula is C13H21NO2. The first-order valence-electron chi connectivity index (χ1n) is 5.93. The summed E-state index contributed by atoms with van der Waals surface area (Å²) in [5.41, 5.74) is 6.56. The van der Waals surface area contributed by atoms with Crippen molar-refractivity contribution in [2.75, 3.05) is 18.9 Å². The van der Waals surface area contributed by atoms with Gasteiger partial charge in [-0.25, -0.2) is 0 Å². The minimum atomic E-state index is 0.604. The van der Waals surface area contributed by atoms with Gasteiger partial charge in [-0.3, -0.25) is 0 Å². The molecule has 0 saturated carbocycles. The molecule has 0 heterocycles. The number of nitrogen functional groups attached to an aromatic ring is 1. The predicted octanol–water partition coefficient (Wildman–Crippen LogP) is 3.24. The van der Waals surface area contributed by atoms with Crippen molar-refractivity contribution in [1.29, 1.82) is 0 Å². The Morgan fingerprint density at radius 1 is 1.00 bits per heavy atom. The molecule has 1 rings (SSSR count). The molecule has 3 heteroatoms. The van der Waals surface area contributed by atoms with Crippen LogP contribution in [-0.4, -0.2) is 13.2 Å². The number of para-hydroxylation sites is 1. The second-order valence-electron chi connectivity index (χ2n) is 3.72. The summed E-state index contributed by atoms with van der Waals surface area (Å²) < 4.78 is 11.1. The van der Waals surface area contributed by atoms with Gasteiger partial charge in [0, 0.05) is 0 Å². The zero-order valence-electron chi connectivity index (χ0n) is 10.2. The van der Waals surface area contributed by atoms with Crippen LogP contribution < -0.4 is 15.2 Å². The second kappa shape index (κ2) is 6.99. The van der Waals surface area contributed by atoms with E-state index in [0.29, 0.717) is 18.9 Å². The van der Waals surface area contributed by atoms with Crippen molar-refractivity contribution in [3.63, 3.8) is 0 Å². The van der Waals surface area contributed by atoms with E-state index in [2.05, 4.69) is 13.8 Å². The molecule has 0 aromatic heterocycles.